The number of carbonyl (C=O) groups excluding carboxylic acids is 1. The van der Waals surface area contributed by atoms with E-state index in [1.807, 2.05) is 33.3 Å². The van der Waals surface area contributed by atoms with Crippen molar-refractivity contribution in [2.45, 2.75) is 77.4 Å². The van der Waals surface area contributed by atoms with Crippen molar-refractivity contribution in [3.63, 3.8) is 0 Å². The Hall–Kier alpha value is -2.44. The molecule has 2 aromatic rings. The minimum absolute atomic E-state index is 0.0713. The average Bonchev–Trinajstić information content (AvgIpc) is 3.43. The van der Waals surface area contributed by atoms with Gasteiger partial charge in [-0.2, -0.15) is 0 Å². The predicted molar refractivity (Wildman–Crippen MR) is 152 cm³/mol. The van der Waals surface area contributed by atoms with Crippen molar-refractivity contribution in [3.8, 4) is 0 Å². The molecule has 1 heterocycles. The van der Waals surface area contributed by atoms with Gasteiger partial charge in [0.25, 0.3) is 0 Å². The summed E-state index contributed by atoms with van der Waals surface area (Å²) in [6, 6.07) is 8.26. The Bertz CT molecular complexity index is 1320. The minimum Gasteiger partial charge on any atom is -0.462 e. The van der Waals surface area contributed by atoms with E-state index in [4.69, 9.17) is 9.26 Å². The second-order valence-electron chi connectivity index (χ2n) is 14.3. The Kier molecular flexibility index (Phi) is 6.58. The Morgan fingerprint density at radius 2 is 1.87 bits per heavy atom. The van der Waals surface area contributed by atoms with Crippen LogP contribution < -0.4 is 0 Å². The van der Waals surface area contributed by atoms with E-state index < -0.39 is 6.10 Å². The van der Waals surface area contributed by atoms with Gasteiger partial charge in [0, 0.05) is 17.4 Å². The summed E-state index contributed by atoms with van der Waals surface area (Å²) >= 11 is 0. The topological polar surface area (TPSA) is 72.6 Å². The number of rotatable bonds is 6. The van der Waals surface area contributed by atoms with Crippen LogP contribution in [0, 0.1) is 28.6 Å². The fourth-order valence-corrected chi connectivity index (χ4v) is 8.85. The number of carbonyl (C=O) groups is 1. The van der Waals surface area contributed by atoms with Gasteiger partial charge in [0.05, 0.1) is 27.6 Å². The van der Waals surface area contributed by atoms with Gasteiger partial charge in [-0.25, -0.2) is 0 Å². The molecule has 0 radical (unpaired) electrons. The van der Waals surface area contributed by atoms with Crippen LogP contribution in [-0.2, 0) is 9.53 Å². The average molecular weight is 534 g/mol. The van der Waals surface area contributed by atoms with Gasteiger partial charge >= 0.3 is 5.97 Å². The molecule has 2 saturated carbocycles. The van der Waals surface area contributed by atoms with E-state index in [1.165, 1.54) is 24.0 Å². The maximum Gasteiger partial charge on any atom is 0.308 e. The molecule has 0 spiro atoms. The van der Waals surface area contributed by atoms with Crippen molar-refractivity contribution in [1.29, 1.82) is 0 Å². The highest BCUT2D eigenvalue weighted by Crippen LogP contribution is 2.66. The molecule has 4 aliphatic carbocycles. The SMILES string of the molecule is C[C@]12CC[C@H](OC(=O)CC(O)C[N+](C)(C)C)CC1=CCC1C2CC[C@]2(C)C(c3onc4ccccc34)=CCC12. The van der Waals surface area contributed by atoms with E-state index in [1.54, 1.807) is 0 Å². The van der Waals surface area contributed by atoms with Crippen LogP contribution in [0.15, 0.2) is 46.5 Å². The zero-order valence-electron chi connectivity index (χ0n) is 24.3. The summed E-state index contributed by atoms with van der Waals surface area (Å²) in [5, 5.41) is 15.8. The van der Waals surface area contributed by atoms with Crippen molar-refractivity contribution in [3.05, 3.63) is 47.8 Å². The fraction of sp³-hybridized carbons (Fsp3) is 0.636. The van der Waals surface area contributed by atoms with E-state index in [2.05, 4.69) is 43.3 Å². The van der Waals surface area contributed by atoms with Crippen molar-refractivity contribution in [1.82, 2.24) is 5.16 Å². The first-order chi connectivity index (χ1) is 18.5. The lowest BCUT2D eigenvalue weighted by Gasteiger charge is -2.57. The third-order valence-electron chi connectivity index (χ3n) is 10.7. The zero-order chi connectivity index (χ0) is 27.6. The number of esters is 1. The molecule has 4 unspecified atom stereocenters. The standard InChI is InChI=1S/C33H45N2O4/c1-32-16-14-23(38-30(37)19-22(36)20-35(3,4)5)18-21(32)10-11-24-26-12-13-28(33(26,2)17-15-27(24)32)31-25-8-6-7-9-29(25)34-39-31/h6-10,13,22-24,26-27,36H,11-12,14-20H2,1-5H3/q+1/t22?,23-,24?,26?,27?,32-,33-/m0/s1. The Labute approximate surface area is 232 Å². The summed E-state index contributed by atoms with van der Waals surface area (Å²) in [6.45, 7) is 5.49. The van der Waals surface area contributed by atoms with Gasteiger partial charge in [-0.15, -0.1) is 0 Å². The Balaban J connectivity index is 1.15. The number of aliphatic hydroxyl groups is 1. The van der Waals surface area contributed by atoms with E-state index in [0.717, 1.165) is 48.8 Å². The normalized spacial score (nSPS) is 34.9. The zero-order valence-corrected chi connectivity index (χ0v) is 24.3. The van der Waals surface area contributed by atoms with Gasteiger partial charge in [0.1, 0.15) is 24.3 Å². The number of likely N-dealkylation sites (N-methyl/N-ethyl adjacent to an activating group) is 1. The lowest BCUT2D eigenvalue weighted by atomic mass is 9.47. The summed E-state index contributed by atoms with van der Waals surface area (Å²) in [7, 11) is 6.06. The monoisotopic (exact) mass is 533 g/mol. The smallest absolute Gasteiger partial charge is 0.308 e. The molecule has 0 saturated heterocycles. The van der Waals surface area contributed by atoms with Gasteiger partial charge in [0.15, 0.2) is 5.76 Å². The van der Waals surface area contributed by atoms with E-state index in [0.29, 0.717) is 28.8 Å². The third-order valence-corrected chi connectivity index (χ3v) is 10.7. The summed E-state index contributed by atoms with van der Waals surface area (Å²) in [6.07, 6.45) is 11.7. The molecule has 2 fully saturated rings. The van der Waals surface area contributed by atoms with Crippen LogP contribution in [0.4, 0.5) is 0 Å². The molecule has 6 nitrogen and oxygen atoms in total. The first-order valence-electron chi connectivity index (χ1n) is 14.9. The number of nitrogens with zero attached hydrogens (tertiary/aromatic N) is 2. The van der Waals surface area contributed by atoms with Gasteiger partial charge in [0.2, 0.25) is 0 Å². The number of aromatic nitrogens is 1. The predicted octanol–water partition coefficient (Wildman–Crippen LogP) is 6.15. The molecule has 1 aromatic heterocycles. The minimum atomic E-state index is -0.669. The highest BCUT2D eigenvalue weighted by molar-refractivity contribution is 5.91. The van der Waals surface area contributed by atoms with Gasteiger partial charge in [-0.3, -0.25) is 4.79 Å². The van der Waals surface area contributed by atoms with Crippen LogP contribution in [0.3, 0.4) is 0 Å². The number of hydrogen-bond donors (Lipinski definition) is 1. The number of quaternary nitrogens is 1. The van der Waals surface area contributed by atoms with E-state index in [-0.39, 0.29) is 29.3 Å². The van der Waals surface area contributed by atoms with Crippen molar-refractivity contribution in [2.24, 2.45) is 28.6 Å². The van der Waals surface area contributed by atoms with Crippen molar-refractivity contribution >= 4 is 22.4 Å². The summed E-state index contributed by atoms with van der Waals surface area (Å²) < 4.78 is 12.5. The van der Waals surface area contributed by atoms with Crippen molar-refractivity contribution < 1.29 is 23.6 Å². The van der Waals surface area contributed by atoms with Crippen LogP contribution in [0.5, 0.6) is 0 Å². The molecular weight excluding hydrogens is 488 g/mol. The van der Waals surface area contributed by atoms with Crippen LogP contribution in [0.25, 0.3) is 16.5 Å². The number of allylic oxidation sites excluding steroid dienone is 3. The summed E-state index contributed by atoms with van der Waals surface area (Å²) in [5.41, 5.74) is 4.09. The molecule has 210 valence electrons. The molecule has 1 N–H and O–H groups in total. The molecule has 4 aliphatic rings. The Morgan fingerprint density at radius 3 is 2.67 bits per heavy atom. The van der Waals surface area contributed by atoms with Crippen LogP contribution in [-0.4, -0.2) is 60.6 Å². The highest BCUT2D eigenvalue weighted by Gasteiger charge is 2.57. The maximum absolute atomic E-state index is 12.6. The number of benzene rings is 1. The third kappa shape index (κ3) is 4.67. The van der Waals surface area contributed by atoms with Crippen molar-refractivity contribution in [2.75, 3.05) is 27.7 Å². The second kappa shape index (κ2) is 9.59. The van der Waals surface area contributed by atoms with E-state index >= 15 is 0 Å². The van der Waals surface area contributed by atoms with Crippen LogP contribution in [0.2, 0.25) is 0 Å². The first-order valence-corrected chi connectivity index (χ1v) is 14.9. The van der Waals surface area contributed by atoms with Gasteiger partial charge in [-0.1, -0.05) is 48.9 Å². The summed E-state index contributed by atoms with van der Waals surface area (Å²) in [4.78, 5) is 12.6. The van der Waals surface area contributed by atoms with Gasteiger partial charge < -0.3 is 18.8 Å². The van der Waals surface area contributed by atoms with E-state index in [9.17, 15) is 9.90 Å². The number of ether oxygens (including phenoxy) is 1. The molecule has 0 aliphatic heterocycles. The molecule has 6 heteroatoms. The number of aliphatic hydroxyl groups excluding tert-OH is 1. The molecular formula is C33H45N2O4+. The molecule has 6 rings (SSSR count). The molecule has 1 aromatic carbocycles. The first kappa shape index (κ1) is 26.8. The maximum atomic E-state index is 12.6. The van der Waals surface area contributed by atoms with Crippen LogP contribution in [0.1, 0.15) is 71.0 Å². The second-order valence-corrected chi connectivity index (χ2v) is 14.3. The molecule has 39 heavy (non-hydrogen) atoms. The number of hydrogen-bond acceptors (Lipinski definition) is 5. The van der Waals surface area contributed by atoms with Crippen LogP contribution >= 0.6 is 0 Å². The fourth-order valence-electron chi connectivity index (χ4n) is 8.85. The quantitative estimate of drug-likeness (QED) is 0.274. The van der Waals surface area contributed by atoms with Gasteiger partial charge in [-0.05, 0) is 79.2 Å². The lowest BCUT2D eigenvalue weighted by molar-refractivity contribution is -0.873. The Morgan fingerprint density at radius 1 is 1.10 bits per heavy atom. The summed E-state index contributed by atoms with van der Waals surface area (Å²) in [5.74, 6) is 2.64. The number of fused-ring (bicyclic) bond motifs is 6. The molecule has 0 amide bonds. The molecule has 0 bridgehead atoms. The largest absolute Gasteiger partial charge is 0.462 e. The highest BCUT2D eigenvalue weighted by atomic mass is 16.5. The molecule has 7 atom stereocenters. The lowest BCUT2D eigenvalue weighted by Crippen LogP contribution is -2.50.